The van der Waals surface area contributed by atoms with E-state index >= 15 is 0 Å². The summed E-state index contributed by atoms with van der Waals surface area (Å²) in [5.74, 6) is 1.03. The third kappa shape index (κ3) is 4.57. The second kappa shape index (κ2) is 8.50. The summed E-state index contributed by atoms with van der Waals surface area (Å²) in [6.07, 6.45) is 2.28. The van der Waals surface area contributed by atoms with Crippen molar-refractivity contribution in [1.82, 2.24) is 20.5 Å². The van der Waals surface area contributed by atoms with Crippen molar-refractivity contribution in [2.45, 2.75) is 32.2 Å². The van der Waals surface area contributed by atoms with Gasteiger partial charge in [-0.1, -0.05) is 6.07 Å². The minimum atomic E-state index is -0.259. The van der Waals surface area contributed by atoms with Crippen LogP contribution in [0.25, 0.3) is 11.5 Å². The summed E-state index contributed by atoms with van der Waals surface area (Å²) < 4.78 is 10.6. The molecule has 1 saturated carbocycles. The molecule has 2 aromatic heterocycles. The number of methoxy groups -OCH3 is 1. The number of anilines is 1. The van der Waals surface area contributed by atoms with E-state index in [1.165, 1.54) is 7.11 Å². The molecule has 0 unspecified atom stereocenters. The zero-order valence-corrected chi connectivity index (χ0v) is 16.8. The first-order valence-corrected chi connectivity index (χ1v) is 9.72. The first-order chi connectivity index (χ1) is 14.5. The Morgan fingerprint density at radius 2 is 2.13 bits per heavy atom. The van der Waals surface area contributed by atoms with Gasteiger partial charge in [-0.25, -0.2) is 4.98 Å². The smallest absolute Gasteiger partial charge is 0.272 e. The highest BCUT2D eigenvalue weighted by molar-refractivity contribution is 5.92. The predicted molar refractivity (Wildman–Crippen MR) is 109 cm³/mol. The number of amides is 2. The number of aromatic amines is 1. The molecule has 4 rings (SSSR count). The number of ether oxygens (including phenoxy) is 1. The van der Waals surface area contributed by atoms with Crippen LogP contribution in [-0.4, -0.2) is 40.7 Å². The van der Waals surface area contributed by atoms with E-state index in [4.69, 9.17) is 9.15 Å². The van der Waals surface area contributed by atoms with E-state index in [0.717, 1.165) is 18.5 Å². The quantitative estimate of drug-likeness (QED) is 0.526. The number of nitrogens with one attached hydrogen (secondary N) is 3. The topological polar surface area (TPSA) is 122 Å². The Morgan fingerprint density at radius 3 is 2.90 bits per heavy atom. The normalized spacial score (nSPS) is 13.3. The number of rotatable bonds is 8. The van der Waals surface area contributed by atoms with Gasteiger partial charge < -0.3 is 19.8 Å². The maximum absolute atomic E-state index is 12.4. The number of carbonyl (C=O) groups is 2. The Balaban J connectivity index is 1.41. The molecule has 1 aromatic carbocycles. The van der Waals surface area contributed by atoms with Gasteiger partial charge in [0.1, 0.15) is 23.8 Å². The average molecular weight is 409 g/mol. The largest absolute Gasteiger partial charge is 0.441 e. The highest BCUT2D eigenvalue weighted by atomic mass is 16.5. The number of hydrogen-bond donors (Lipinski definition) is 3. The van der Waals surface area contributed by atoms with Gasteiger partial charge in [-0.3, -0.25) is 14.7 Å². The van der Waals surface area contributed by atoms with Crippen LogP contribution in [0.4, 0.5) is 5.69 Å². The van der Waals surface area contributed by atoms with Crippen LogP contribution in [-0.2, 0) is 16.1 Å². The summed E-state index contributed by atoms with van der Waals surface area (Å²) in [4.78, 5) is 28.6. The molecule has 9 heteroatoms. The average Bonchev–Trinajstić information content (AvgIpc) is 3.33. The molecule has 156 valence electrons. The molecule has 3 N–H and O–H groups in total. The number of hydrogen-bond acceptors (Lipinski definition) is 6. The van der Waals surface area contributed by atoms with Gasteiger partial charge in [-0.2, -0.15) is 5.10 Å². The highest BCUT2D eigenvalue weighted by Gasteiger charge is 2.26. The lowest BCUT2D eigenvalue weighted by Crippen LogP contribution is -2.23. The van der Waals surface area contributed by atoms with Crippen molar-refractivity contribution >= 4 is 17.5 Å². The van der Waals surface area contributed by atoms with E-state index in [2.05, 4.69) is 25.8 Å². The lowest BCUT2D eigenvalue weighted by atomic mass is 10.2. The van der Waals surface area contributed by atoms with Crippen molar-refractivity contribution < 1.29 is 18.7 Å². The summed E-state index contributed by atoms with van der Waals surface area (Å²) >= 11 is 0. The zero-order chi connectivity index (χ0) is 21.1. The maximum atomic E-state index is 12.4. The van der Waals surface area contributed by atoms with E-state index in [-0.39, 0.29) is 25.0 Å². The van der Waals surface area contributed by atoms with E-state index in [0.29, 0.717) is 40.2 Å². The second-order valence-corrected chi connectivity index (χ2v) is 7.25. The molecular formula is C21H23N5O4. The molecule has 0 radical (unpaired) electrons. The van der Waals surface area contributed by atoms with E-state index in [9.17, 15) is 9.59 Å². The fourth-order valence-electron chi connectivity index (χ4n) is 3.08. The molecule has 0 saturated heterocycles. The zero-order valence-electron chi connectivity index (χ0n) is 16.8. The summed E-state index contributed by atoms with van der Waals surface area (Å²) in [5.41, 5.74) is 3.35. The fourth-order valence-corrected chi connectivity index (χ4v) is 3.08. The van der Waals surface area contributed by atoms with E-state index in [1.807, 2.05) is 6.07 Å². The second-order valence-electron chi connectivity index (χ2n) is 7.25. The van der Waals surface area contributed by atoms with Gasteiger partial charge in [0.05, 0.1) is 6.54 Å². The number of nitrogens with zero attached hydrogens (tertiary/aromatic N) is 2. The van der Waals surface area contributed by atoms with Gasteiger partial charge in [0.15, 0.2) is 0 Å². The molecule has 0 spiro atoms. The van der Waals surface area contributed by atoms with Crippen molar-refractivity contribution in [3.63, 3.8) is 0 Å². The van der Waals surface area contributed by atoms with Crippen LogP contribution in [0.15, 0.2) is 34.7 Å². The monoisotopic (exact) mass is 409 g/mol. The van der Waals surface area contributed by atoms with Crippen molar-refractivity contribution in [2.75, 3.05) is 19.0 Å². The van der Waals surface area contributed by atoms with E-state index < -0.39 is 0 Å². The van der Waals surface area contributed by atoms with Gasteiger partial charge in [0, 0.05) is 30.0 Å². The van der Waals surface area contributed by atoms with Crippen LogP contribution < -0.4 is 10.6 Å². The van der Waals surface area contributed by atoms with Crippen LogP contribution in [0.5, 0.6) is 0 Å². The molecule has 2 heterocycles. The lowest BCUT2D eigenvalue weighted by molar-refractivity contribution is -0.119. The standard InChI is InChI=1S/C21H23N5O4/c1-12-18(10-22-20(28)17-9-16(25-26-17)13-6-7-13)24-21(30-12)14-4-3-5-15(8-14)23-19(27)11-29-2/h3-5,8-9,13H,6-7,10-11H2,1-2H3,(H,22,28)(H,23,27)(H,25,26). The molecule has 30 heavy (non-hydrogen) atoms. The van der Waals surface area contributed by atoms with Crippen molar-refractivity contribution in [3.05, 3.63) is 53.2 Å². The Hall–Kier alpha value is -3.46. The number of oxazole rings is 1. The molecule has 1 aliphatic rings. The summed E-state index contributed by atoms with van der Waals surface area (Å²) in [7, 11) is 1.46. The fraction of sp³-hybridized carbons (Fsp3) is 0.333. The number of H-pyrrole nitrogens is 1. The predicted octanol–water partition coefficient (Wildman–Crippen LogP) is 2.77. The molecular weight excluding hydrogens is 386 g/mol. The number of carbonyl (C=O) groups excluding carboxylic acids is 2. The van der Waals surface area contributed by atoms with Crippen molar-refractivity contribution in [2.24, 2.45) is 0 Å². The molecule has 9 nitrogen and oxygen atoms in total. The SMILES string of the molecule is COCC(=O)Nc1cccc(-c2nc(CNC(=O)c3cc(C4CC4)[nH]n3)c(C)o2)c1. The Morgan fingerprint density at radius 1 is 1.30 bits per heavy atom. The summed E-state index contributed by atoms with van der Waals surface area (Å²) in [6, 6.07) is 8.98. The summed E-state index contributed by atoms with van der Waals surface area (Å²) in [5, 5.41) is 12.6. The van der Waals surface area contributed by atoms with Crippen LogP contribution >= 0.6 is 0 Å². The first kappa shape index (κ1) is 19.8. The molecule has 0 aliphatic heterocycles. The van der Waals surface area contributed by atoms with Crippen LogP contribution in [0.1, 0.15) is 46.4 Å². The molecule has 0 bridgehead atoms. The maximum Gasteiger partial charge on any atom is 0.272 e. The molecule has 1 aliphatic carbocycles. The Labute approximate surface area is 173 Å². The molecule has 0 atom stereocenters. The van der Waals surface area contributed by atoms with E-state index in [1.54, 1.807) is 31.2 Å². The molecule has 3 aromatic rings. The van der Waals surface area contributed by atoms with Gasteiger partial charge in [-0.15, -0.1) is 0 Å². The third-order valence-corrected chi connectivity index (χ3v) is 4.83. The highest BCUT2D eigenvalue weighted by Crippen LogP contribution is 2.39. The van der Waals surface area contributed by atoms with Crippen LogP contribution in [0.3, 0.4) is 0 Å². The van der Waals surface area contributed by atoms with Gasteiger partial charge in [0.2, 0.25) is 11.8 Å². The number of aromatic nitrogens is 3. The van der Waals surface area contributed by atoms with Crippen LogP contribution in [0, 0.1) is 6.92 Å². The van der Waals surface area contributed by atoms with Gasteiger partial charge >= 0.3 is 0 Å². The lowest BCUT2D eigenvalue weighted by Gasteiger charge is -2.05. The van der Waals surface area contributed by atoms with Gasteiger partial charge in [0.25, 0.3) is 5.91 Å². The number of aryl methyl sites for hydroxylation is 1. The molecule has 2 amide bonds. The number of benzene rings is 1. The van der Waals surface area contributed by atoms with Crippen molar-refractivity contribution in [3.8, 4) is 11.5 Å². The Kier molecular flexibility index (Phi) is 5.62. The van der Waals surface area contributed by atoms with Gasteiger partial charge in [-0.05, 0) is 44.0 Å². The van der Waals surface area contributed by atoms with Crippen LogP contribution in [0.2, 0.25) is 0 Å². The molecule has 1 fully saturated rings. The third-order valence-electron chi connectivity index (χ3n) is 4.83. The first-order valence-electron chi connectivity index (χ1n) is 9.72. The minimum absolute atomic E-state index is 0.0235. The Bertz CT molecular complexity index is 1070. The minimum Gasteiger partial charge on any atom is -0.441 e. The summed E-state index contributed by atoms with van der Waals surface area (Å²) in [6.45, 7) is 2.00. The van der Waals surface area contributed by atoms with Crippen molar-refractivity contribution in [1.29, 1.82) is 0 Å².